The molecule has 0 aliphatic carbocycles. The number of halogens is 1. The van der Waals surface area contributed by atoms with Crippen LogP contribution < -0.4 is 5.32 Å². The minimum atomic E-state index is -0.200. The summed E-state index contributed by atoms with van der Waals surface area (Å²) in [6.45, 7) is 9.28. The second-order valence-electron chi connectivity index (χ2n) is 5.40. The molecule has 126 valence electrons. The SMILES string of the molecule is CCN(CC)C(C)CNC(=O)c1ccc(Cn2cc(Cl)cn2)o1. The van der Waals surface area contributed by atoms with Gasteiger partial charge in [0.2, 0.25) is 0 Å². The molecule has 0 radical (unpaired) electrons. The summed E-state index contributed by atoms with van der Waals surface area (Å²) in [5.74, 6) is 0.769. The summed E-state index contributed by atoms with van der Waals surface area (Å²) in [7, 11) is 0. The van der Waals surface area contributed by atoms with Crippen LogP contribution in [0, 0.1) is 0 Å². The second-order valence-corrected chi connectivity index (χ2v) is 5.84. The molecular formula is C16H23ClN4O2. The van der Waals surface area contributed by atoms with Crippen LogP contribution in [0.15, 0.2) is 28.9 Å². The highest BCUT2D eigenvalue weighted by Gasteiger charge is 2.15. The molecule has 23 heavy (non-hydrogen) atoms. The lowest BCUT2D eigenvalue weighted by Gasteiger charge is -2.26. The molecule has 2 aromatic heterocycles. The van der Waals surface area contributed by atoms with E-state index >= 15 is 0 Å². The third-order valence-corrected chi connectivity index (χ3v) is 3.99. The standard InChI is InChI=1S/C16H23ClN4O2/c1-4-20(5-2)12(3)8-18-16(22)15-7-6-14(23-15)11-21-10-13(17)9-19-21/h6-7,9-10,12H,4-5,8,11H2,1-3H3,(H,18,22). The first-order valence-electron chi connectivity index (χ1n) is 7.82. The maximum atomic E-state index is 12.2. The van der Waals surface area contributed by atoms with Crippen molar-refractivity contribution in [1.29, 1.82) is 0 Å². The number of carbonyl (C=O) groups excluding carboxylic acids is 1. The molecule has 1 N–H and O–H groups in total. The minimum absolute atomic E-state index is 0.200. The lowest BCUT2D eigenvalue weighted by molar-refractivity contribution is 0.0908. The van der Waals surface area contributed by atoms with Crippen molar-refractivity contribution in [3.63, 3.8) is 0 Å². The number of hydrogen-bond donors (Lipinski definition) is 1. The van der Waals surface area contributed by atoms with Gasteiger partial charge < -0.3 is 9.73 Å². The lowest BCUT2D eigenvalue weighted by Crippen LogP contribution is -2.41. The fourth-order valence-corrected chi connectivity index (χ4v) is 2.63. The lowest BCUT2D eigenvalue weighted by atomic mass is 10.2. The van der Waals surface area contributed by atoms with Crippen LogP contribution in [0.4, 0.5) is 0 Å². The molecule has 0 saturated carbocycles. The molecule has 0 saturated heterocycles. The predicted molar refractivity (Wildman–Crippen MR) is 89.8 cm³/mol. The van der Waals surface area contributed by atoms with Crippen molar-refractivity contribution in [2.45, 2.75) is 33.4 Å². The Hall–Kier alpha value is -1.79. The molecule has 2 heterocycles. The van der Waals surface area contributed by atoms with Crippen LogP contribution in [0.1, 0.15) is 37.1 Å². The van der Waals surface area contributed by atoms with E-state index in [1.165, 1.54) is 0 Å². The van der Waals surface area contributed by atoms with Crippen LogP contribution in [0.5, 0.6) is 0 Å². The highest BCUT2D eigenvalue weighted by molar-refractivity contribution is 6.30. The zero-order valence-electron chi connectivity index (χ0n) is 13.8. The number of rotatable bonds is 8. The molecule has 1 amide bonds. The van der Waals surface area contributed by atoms with E-state index in [0.29, 0.717) is 29.6 Å². The fraction of sp³-hybridized carbons (Fsp3) is 0.500. The van der Waals surface area contributed by atoms with E-state index in [1.54, 1.807) is 29.2 Å². The Bertz CT molecular complexity index is 634. The average Bonchev–Trinajstić information content (AvgIpc) is 3.16. The van der Waals surface area contributed by atoms with Gasteiger partial charge in [-0.3, -0.25) is 14.4 Å². The molecule has 1 unspecified atom stereocenters. The second kappa shape index (κ2) is 8.17. The van der Waals surface area contributed by atoms with Crippen LogP contribution >= 0.6 is 11.6 Å². The third-order valence-electron chi connectivity index (χ3n) is 3.80. The van der Waals surface area contributed by atoms with Crippen molar-refractivity contribution in [2.75, 3.05) is 19.6 Å². The van der Waals surface area contributed by atoms with Gasteiger partial charge in [-0.05, 0) is 32.1 Å². The quantitative estimate of drug-likeness (QED) is 0.803. The van der Waals surface area contributed by atoms with Crippen LogP contribution in [-0.2, 0) is 6.54 Å². The molecule has 0 bridgehead atoms. The molecule has 0 spiro atoms. The van der Waals surface area contributed by atoms with E-state index in [-0.39, 0.29) is 11.9 Å². The van der Waals surface area contributed by atoms with Crippen molar-refractivity contribution in [3.8, 4) is 0 Å². The summed E-state index contributed by atoms with van der Waals surface area (Å²) in [4.78, 5) is 14.4. The number of carbonyl (C=O) groups is 1. The first-order chi connectivity index (χ1) is 11.0. The van der Waals surface area contributed by atoms with Crippen molar-refractivity contribution in [2.24, 2.45) is 0 Å². The Kier molecular flexibility index (Phi) is 6.24. The van der Waals surface area contributed by atoms with E-state index in [0.717, 1.165) is 13.1 Å². The van der Waals surface area contributed by atoms with Crippen LogP contribution in [-0.4, -0.2) is 46.3 Å². The zero-order valence-corrected chi connectivity index (χ0v) is 14.5. The van der Waals surface area contributed by atoms with Crippen molar-refractivity contribution < 1.29 is 9.21 Å². The van der Waals surface area contributed by atoms with Gasteiger partial charge >= 0.3 is 0 Å². The molecule has 6 nitrogen and oxygen atoms in total. The van der Waals surface area contributed by atoms with Crippen molar-refractivity contribution in [1.82, 2.24) is 20.0 Å². The third kappa shape index (κ3) is 4.84. The Balaban J connectivity index is 1.88. The summed E-state index contributed by atoms with van der Waals surface area (Å²) >= 11 is 5.82. The first kappa shape index (κ1) is 17.6. The van der Waals surface area contributed by atoms with Gasteiger partial charge in [0.1, 0.15) is 5.76 Å². The van der Waals surface area contributed by atoms with Gasteiger partial charge in [0.05, 0.1) is 17.8 Å². The number of amides is 1. The van der Waals surface area contributed by atoms with Gasteiger partial charge in [0.25, 0.3) is 5.91 Å². The maximum absolute atomic E-state index is 12.2. The van der Waals surface area contributed by atoms with Crippen LogP contribution in [0.3, 0.4) is 0 Å². The maximum Gasteiger partial charge on any atom is 0.287 e. The summed E-state index contributed by atoms with van der Waals surface area (Å²) in [5.41, 5.74) is 0. The molecule has 0 aromatic carbocycles. The van der Waals surface area contributed by atoms with Gasteiger partial charge in [-0.25, -0.2) is 0 Å². The van der Waals surface area contributed by atoms with Crippen molar-refractivity contribution >= 4 is 17.5 Å². The largest absolute Gasteiger partial charge is 0.454 e. The summed E-state index contributed by atoms with van der Waals surface area (Å²) in [6, 6.07) is 3.74. The molecule has 2 rings (SSSR count). The topological polar surface area (TPSA) is 63.3 Å². The zero-order chi connectivity index (χ0) is 16.8. The number of aromatic nitrogens is 2. The smallest absolute Gasteiger partial charge is 0.287 e. The number of likely N-dealkylation sites (N-methyl/N-ethyl adjacent to an activating group) is 1. The first-order valence-corrected chi connectivity index (χ1v) is 8.20. The molecule has 2 aromatic rings. The number of hydrogen-bond acceptors (Lipinski definition) is 4. The number of nitrogens with zero attached hydrogens (tertiary/aromatic N) is 3. The van der Waals surface area contributed by atoms with Crippen LogP contribution in [0.2, 0.25) is 5.02 Å². The van der Waals surface area contributed by atoms with E-state index in [4.69, 9.17) is 16.0 Å². The average molecular weight is 339 g/mol. The minimum Gasteiger partial charge on any atom is -0.454 e. The summed E-state index contributed by atoms with van der Waals surface area (Å²) in [6.07, 6.45) is 3.27. The Morgan fingerprint density at radius 2 is 2.17 bits per heavy atom. The Morgan fingerprint density at radius 3 is 2.78 bits per heavy atom. The van der Waals surface area contributed by atoms with E-state index in [1.807, 2.05) is 0 Å². The number of nitrogens with one attached hydrogen (secondary N) is 1. The molecule has 1 atom stereocenters. The van der Waals surface area contributed by atoms with Gasteiger partial charge in [-0.1, -0.05) is 25.4 Å². The molecule has 7 heteroatoms. The Labute approximate surface area is 141 Å². The van der Waals surface area contributed by atoms with E-state index in [2.05, 4.69) is 36.1 Å². The Morgan fingerprint density at radius 1 is 1.43 bits per heavy atom. The van der Waals surface area contributed by atoms with Gasteiger partial charge in [0, 0.05) is 18.8 Å². The molecular weight excluding hydrogens is 316 g/mol. The highest BCUT2D eigenvalue weighted by atomic mass is 35.5. The molecule has 0 aliphatic rings. The van der Waals surface area contributed by atoms with Crippen molar-refractivity contribution in [3.05, 3.63) is 41.1 Å². The summed E-state index contributed by atoms with van der Waals surface area (Å²) in [5, 5.41) is 7.56. The monoisotopic (exact) mass is 338 g/mol. The van der Waals surface area contributed by atoms with E-state index < -0.39 is 0 Å². The summed E-state index contributed by atoms with van der Waals surface area (Å²) < 4.78 is 7.23. The molecule has 0 aliphatic heterocycles. The fourth-order valence-electron chi connectivity index (χ4n) is 2.47. The predicted octanol–water partition coefficient (Wildman–Crippen LogP) is 2.64. The van der Waals surface area contributed by atoms with Gasteiger partial charge in [-0.2, -0.15) is 5.10 Å². The molecule has 0 fully saturated rings. The van der Waals surface area contributed by atoms with E-state index in [9.17, 15) is 4.79 Å². The normalized spacial score (nSPS) is 12.6. The van der Waals surface area contributed by atoms with Crippen LogP contribution in [0.25, 0.3) is 0 Å². The highest BCUT2D eigenvalue weighted by Crippen LogP contribution is 2.11. The number of furan rings is 1. The van der Waals surface area contributed by atoms with Gasteiger partial charge in [0.15, 0.2) is 5.76 Å². The van der Waals surface area contributed by atoms with Gasteiger partial charge in [-0.15, -0.1) is 0 Å².